The summed E-state index contributed by atoms with van der Waals surface area (Å²) in [4.78, 5) is 0.189. The smallest absolute Gasteiger partial charge is 0.264 e. The molecule has 0 radical (unpaired) electrons. The molecule has 0 N–H and O–H groups in total. The highest BCUT2D eigenvalue weighted by Gasteiger charge is 2.25. The highest BCUT2D eigenvalue weighted by atomic mass is 35.5. The van der Waals surface area contributed by atoms with Gasteiger partial charge in [-0.1, -0.05) is 17.7 Å². The number of rotatable bonds is 6. The molecule has 0 aliphatic rings. The average Bonchev–Trinajstić information content (AvgIpc) is 2.53. The molecule has 0 aromatic heterocycles. The van der Waals surface area contributed by atoms with E-state index < -0.39 is 10.0 Å². The molecule has 2 aromatic carbocycles. The van der Waals surface area contributed by atoms with Crippen molar-refractivity contribution in [1.29, 1.82) is 0 Å². The van der Waals surface area contributed by atoms with Crippen LogP contribution in [0.5, 0.6) is 5.75 Å². The number of methoxy groups -OCH3 is 1. The molecule has 0 atom stereocenters. The Bertz CT molecular complexity index is 801. The molecule has 0 aliphatic carbocycles. The van der Waals surface area contributed by atoms with E-state index in [0.717, 1.165) is 5.56 Å². The summed E-state index contributed by atoms with van der Waals surface area (Å²) < 4.78 is 32.3. The van der Waals surface area contributed by atoms with Gasteiger partial charge in [0.1, 0.15) is 5.75 Å². The lowest BCUT2D eigenvalue weighted by Crippen LogP contribution is -2.31. The van der Waals surface area contributed by atoms with Crippen LogP contribution in [0.1, 0.15) is 5.56 Å². The van der Waals surface area contributed by atoms with Crippen LogP contribution in [0.3, 0.4) is 0 Å². The van der Waals surface area contributed by atoms with E-state index in [2.05, 4.69) is 6.58 Å². The summed E-state index contributed by atoms with van der Waals surface area (Å²) in [5.41, 5.74) is 1.35. The molecule has 0 heterocycles. The first-order valence-corrected chi connectivity index (χ1v) is 8.76. The Labute approximate surface area is 142 Å². The van der Waals surface area contributed by atoms with Gasteiger partial charge in [-0.3, -0.25) is 4.31 Å². The maximum Gasteiger partial charge on any atom is 0.264 e. The van der Waals surface area contributed by atoms with Crippen LogP contribution >= 0.6 is 11.6 Å². The first kappa shape index (κ1) is 17.4. The van der Waals surface area contributed by atoms with Crippen LogP contribution in [-0.4, -0.2) is 22.1 Å². The van der Waals surface area contributed by atoms with Crippen molar-refractivity contribution in [2.75, 3.05) is 18.0 Å². The van der Waals surface area contributed by atoms with Crippen LogP contribution in [0, 0.1) is 6.92 Å². The molecule has 23 heavy (non-hydrogen) atoms. The maximum atomic E-state index is 13.0. The Morgan fingerprint density at radius 2 is 1.87 bits per heavy atom. The fourth-order valence-corrected chi connectivity index (χ4v) is 3.94. The molecule has 6 heteroatoms. The Morgan fingerprint density at radius 3 is 2.39 bits per heavy atom. The van der Waals surface area contributed by atoms with Crippen molar-refractivity contribution in [2.45, 2.75) is 11.8 Å². The van der Waals surface area contributed by atoms with Gasteiger partial charge in [0.25, 0.3) is 10.0 Å². The van der Waals surface area contributed by atoms with Gasteiger partial charge in [-0.15, -0.1) is 6.58 Å². The number of halogens is 1. The van der Waals surface area contributed by atoms with Gasteiger partial charge in [0.05, 0.1) is 24.2 Å². The van der Waals surface area contributed by atoms with E-state index in [1.807, 2.05) is 6.92 Å². The Kier molecular flexibility index (Phi) is 5.34. The molecule has 4 nitrogen and oxygen atoms in total. The van der Waals surface area contributed by atoms with Crippen molar-refractivity contribution in [3.8, 4) is 5.75 Å². The normalized spacial score (nSPS) is 11.1. The van der Waals surface area contributed by atoms with Gasteiger partial charge < -0.3 is 4.74 Å². The van der Waals surface area contributed by atoms with Crippen LogP contribution in [-0.2, 0) is 10.0 Å². The molecule has 0 saturated heterocycles. The molecule has 0 fully saturated rings. The lowest BCUT2D eigenvalue weighted by atomic mass is 10.2. The fraction of sp³-hybridized carbons (Fsp3) is 0.176. The van der Waals surface area contributed by atoms with Crippen molar-refractivity contribution in [2.24, 2.45) is 0 Å². The van der Waals surface area contributed by atoms with Gasteiger partial charge in [-0.05, 0) is 55.0 Å². The van der Waals surface area contributed by atoms with Crippen molar-refractivity contribution in [3.63, 3.8) is 0 Å². The third kappa shape index (κ3) is 3.68. The summed E-state index contributed by atoms with van der Waals surface area (Å²) in [5, 5.41) is 0.562. The average molecular weight is 352 g/mol. The lowest BCUT2D eigenvalue weighted by molar-refractivity contribution is 0.414. The molecule has 2 rings (SSSR count). The van der Waals surface area contributed by atoms with Gasteiger partial charge in [-0.2, -0.15) is 0 Å². The second kappa shape index (κ2) is 7.06. The van der Waals surface area contributed by atoms with Gasteiger partial charge in [0, 0.05) is 5.02 Å². The van der Waals surface area contributed by atoms with Crippen molar-refractivity contribution in [3.05, 3.63) is 65.7 Å². The largest absolute Gasteiger partial charge is 0.497 e. The number of sulfonamides is 1. The Hall–Kier alpha value is -1.98. The quantitative estimate of drug-likeness (QED) is 0.738. The zero-order valence-corrected chi connectivity index (χ0v) is 14.6. The van der Waals surface area contributed by atoms with Crippen molar-refractivity contribution < 1.29 is 13.2 Å². The number of hydrogen-bond donors (Lipinski definition) is 0. The molecule has 122 valence electrons. The number of benzene rings is 2. The number of ether oxygens (including phenoxy) is 1. The van der Waals surface area contributed by atoms with E-state index in [1.165, 1.54) is 23.5 Å². The van der Waals surface area contributed by atoms with E-state index in [-0.39, 0.29) is 11.4 Å². The van der Waals surface area contributed by atoms with Crippen molar-refractivity contribution >= 4 is 27.3 Å². The molecular weight excluding hydrogens is 334 g/mol. The second-order valence-corrected chi connectivity index (χ2v) is 7.23. The van der Waals surface area contributed by atoms with E-state index in [1.54, 1.807) is 36.4 Å². The minimum atomic E-state index is -3.71. The Balaban J connectivity index is 2.51. The fourth-order valence-electron chi connectivity index (χ4n) is 2.22. The topological polar surface area (TPSA) is 46.6 Å². The van der Waals surface area contributed by atoms with Crippen LogP contribution < -0.4 is 9.04 Å². The summed E-state index contributed by atoms with van der Waals surface area (Å²) in [6.07, 6.45) is 1.55. The summed E-state index contributed by atoms with van der Waals surface area (Å²) in [7, 11) is -2.18. The summed E-state index contributed by atoms with van der Waals surface area (Å²) in [6.45, 7) is 5.64. The third-order valence-corrected chi connectivity index (χ3v) is 5.40. The van der Waals surface area contributed by atoms with Gasteiger partial charge in [0.15, 0.2) is 0 Å². The summed E-state index contributed by atoms with van der Waals surface area (Å²) >= 11 is 5.96. The number of anilines is 1. The minimum absolute atomic E-state index is 0.164. The third-order valence-electron chi connectivity index (χ3n) is 3.37. The lowest BCUT2D eigenvalue weighted by Gasteiger charge is -2.25. The zero-order chi connectivity index (χ0) is 17.0. The first-order chi connectivity index (χ1) is 10.9. The number of hydrogen-bond acceptors (Lipinski definition) is 3. The van der Waals surface area contributed by atoms with E-state index in [9.17, 15) is 8.42 Å². The standard InChI is InChI=1S/C17H18ClNO3S/c1-4-11-19(17-10-5-14(18)12-13(17)2)23(20,21)16-8-6-15(22-3)7-9-16/h4-10,12H,1,11H2,2-3H3. The SMILES string of the molecule is C=CCN(c1ccc(Cl)cc1C)S(=O)(=O)c1ccc(OC)cc1. The summed E-state index contributed by atoms with van der Waals surface area (Å²) in [5.74, 6) is 0.599. The van der Waals surface area contributed by atoms with Gasteiger partial charge in [-0.25, -0.2) is 8.42 Å². The van der Waals surface area contributed by atoms with Gasteiger partial charge in [0.2, 0.25) is 0 Å². The molecule has 0 amide bonds. The zero-order valence-electron chi connectivity index (χ0n) is 13.0. The van der Waals surface area contributed by atoms with Gasteiger partial charge >= 0.3 is 0 Å². The first-order valence-electron chi connectivity index (χ1n) is 6.94. The number of aryl methyl sites for hydroxylation is 1. The highest BCUT2D eigenvalue weighted by molar-refractivity contribution is 7.92. The van der Waals surface area contributed by atoms with Crippen molar-refractivity contribution in [1.82, 2.24) is 0 Å². The molecule has 0 saturated carbocycles. The van der Waals surface area contributed by atoms with Crippen LogP contribution in [0.4, 0.5) is 5.69 Å². The molecule has 0 unspecified atom stereocenters. The van der Waals surface area contributed by atoms with E-state index in [4.69, 9.17) is 16.3 Å². The van der Waals surface area contributed by atoms with Crippen LogP contribution in [0.25, 0.3) is 0 Å². The minimum Gasteiger partial charge on any atom is -0.497 e. The Morgan fingerprint density at radius 1 is 1.22 bits per heavy atom. The highest BCUT2D eigenvalue weighted by Crippen LogP contribution is 2.29. The molecule has 2 aromatic rings. The van der Waals surface area contributed by atoms with E-state index >= 15 is 0 Å². The van der Waals surface area contributed by atoms with E-state index in [0.29, 0.717) is 16.5 Å². The predicted molar refractivity (Wildman–Crippen MR) is 93.9 cm³/mol. The molecule has 0 aliphatic heterocycles. The number of nitrogens with zero attached hydrogens (tertiary/aromatic N) is 1. The maximum absolute atomic E-state index is 13.0. The molecular formula is C17H18ClNO3S. The molecule has 0 spiro atoms. The second-order valence-electron chi connectivity index (χ2n) is 4.93. The van der Waals surface area contributed by atoms with Crippen LogP contribution in [0.2, 0.25) is 5.02 Å². The van der Waals surface area contributed by atoms with Crippen LogP contribution in [0.15, 0.2) is 60.0 Å². The summed E-state index contributed by atoms with van der Waals surface area (Å²) in [6, 6.07) is 11.4. The monoisotopic (exact) mass is 351 g/mol. The molecule has 0 bridgehead atoms. The predicted octanol–water partition coefficient (Wildman–Crippen LogP) is 4.04.